The third-order valence-electron chi connectivity index (χ3n) is 4.19. The maximum absolute atomic E-state index is 3.87. The summed E-state index contributed by atoms with van der Waals surface area (Å²) in [5.74, 6) is 3.36. The van der Waals surface area contributed by atoms with E-state index < -0.39 is 0 Å². The molecule has 0 aromatic carbocycles. The van der Waals surface area contributed by atoms with Crippen LogP contribution in [0.1, 0.15) is 51.4 Å². The van der Waals surface area contributed by atoms with Crippen molar-refractivity contribution < 1.29 is 0 Å². The topological polar surface area (TPSA) is 12.0 Å². The van der Waals surface area contributed by atoms with E-state index in [2.05, 4.69) is 11.6 Å². The van der Waals surface area contributed by atoms with Crippen molar-refractivity contribution in [1.29, 1.82) is 0 Å². The summed E-state index contributed by atoms with van der Waals surface area (Å²) in [6, 6.07) is 0.877. The van der Waals surface area contributed by atoms with Crippen LogP contribution in [0.3, 0.4) is 0 Å². The standard InChI is InChI=1S/C14H27NS/c1-16-11-5-10-15-14(13-8-9-13)12-6-3-2-4-7-12/h12-15H,2-11H2,1H3. The van der Waals surface area contributed by atoms with Crippen LogP contribution in [0.4, 0.5) is 0 Å². The van der Waals surface area contributed by atoms with Crippen molar-refractivity contribution in [3.05, 3.63) is 0 Å². The quantitative estimate of drug-likeness (QED) is 0.682. The van der Waals surface area contributed by atoms with Gasteiger partial charge in [-0.3, -0.25) is 0 Å². The smallest absolute Gasteiger partial charge is 0.0124 e. The molecule has 2 aliphatic rings. The first kappa shape index (κ1) is 12.8. The number of hydrogen-bond acceptors (Lipinski definition) is 2. The second kappa shape index (κ2) is 6.90. The largest absolute Gasteiger partial charge is 0.313 e. The molecule has 0 saturated heterocycles. The predicted octanol–water partition coefficient (Wildman–Crippen LogP) is 3.69. The van der Waals surface area contributed by atoms with Crippen LogP contribution in [0.2, 0.25) is 0 Å². The fraction of sp³-hybridized carbons (Fsp3) is 1.00. The van der Waals surface area contributed by atoms with E-state index in [1.54, 1.807) is 0 Å². The summed E-state index contributed by atoms with van der Waals surface area (Å²) in [6.45, 7) is 1.25. The van der Waals surface area contributed by atoms with Gasteiger partial charge < -0.3 is 5.32 Å². The van der Waals surface area contributed by atoms with Gasteiger partial charge in [0.1, 0.15) is 0 Å². The zero-order valence-electron chi connectivity index (χ0n) is 10.7. The van der Waals surface area contributed by atoms with Crippen LogP contribution in [0.15, 0.2) is 0 Å². The van der Waals surface area contributed by atoms with Gasteiger partial charge in [0, 0.05) is 6.04 Å². The molecule has 0 amide bonds. The van der Waals surface area contributed by atoms with Crippen LogP contribution < -0.4 is 5.32 Å². The zero-order valence-corrected chi connectivity index (χ0v) is 11.5. The molecule has 0 aromatic heterocycles. The van der Waals surface area contributed by atoms with Crippen molar-refractivity contribution in [2.45, 2.75) is 57.4 Å². The lowest BCUT2D eigenvalue weighted by atomic mass is 9.82. The minimum atomic E-state index is 0.877. The Morgan fingerprint density at radius 3 is 2.38 bits per heavy atom. The Hall–Kier alpha value is 0.310. The van der Waals surface area contributed by atoms with Gasteiger partial charge in [-0.1, -0.05) is 19.3 Å². The molecule has 16 heavy (non-hydrogen) atoms. The van der Waals surface area contributed by atoms with E-state index in [0.717, 1.165) is 17.9 Å². The van der Waals surface area contributed by atoms with E-state index in [1.165, 1.54) is 63.7 Å². The summed E-state index contributed by atoms with van der Waals surface area (Å²) >= 11 is 1.97. The van der Waals surface area contributed by atoms with Crippen LogP contribution in [0.5, 0.6) is 0 Å². The van der Waals surface area contributed by atoms with Crippen LogP contribution >= 0.6 is 11.8 Å². The maximum Gasteiger partial charge on any atom is 0.0124 e. The van der Waals surface area contributed by atoms with E-state index in [9.17, 15) is 0 Å². The Morgan fingerprint density at radius 2 is 1.75 bits per heavy atom. The number of nitrogens with one attached hydrogen (secondary N) is 1. The highest BCUT2D eigenvalue weighted by Crippen LogP contribution is 2.40. The van der Waals surface area contributed by atoms with Crippen molar-refractivity contribution in [1.82, 2.24) is 5.32 Å². The van der Waals surface area contributed by atoms with Gasteiger partial charge in [-0.25, -0.2) is 0 Å². The van der Waals surface area contributed by atoms with E-state index in [1.807, 2.05) is 11.8 Å². The number of hydrogen-bond donors (Lipinski definition) is 1. The first-order chi connectivity index (χ1) is 7.92. The van der Waals surface area contributed by atoms with Crippen LogP contribution in [0, 0.1) is 11.8 Å². The van der Waals surface area contributed by atoms with Gasteiger partial charge in [0.15, 0.2) is 0 Å². The highest BCUT2D eigenvalue weighted by Gasteiger charge is 2.36. The van der Waals surface area contributed by atoms with Gasteiger partial charge in [-0.05, 0) is 62.5 Å². The lowest BCUT2D eigenvalue weighted by molar-refractivity contribution is 0.248. The minimum Gasteiger partial charge on any atom is -0.313 e. The normalized spacial score (nSPS) is 24.6. The molecule has 0 aliphatic heterocycles. The monoisotopic (exact) mass is 241 g/mol. The maximum atomic E-state index is 3.87. The molecule has 0 radical (unpaired) electrons. The number of thioether (sulfide) groups is 1. The third kappa shape index (κ3) is 3.96. The van der Waals surface area contributed by atoms with Crippen molar-refractivity contribution in [3.63, 3.8) is 0 Å². The number of rotatable bonds is 7. The van der Waals surface area contributed by atoms with E-state index in [0.29, 0.717) is 0 Å². The molecule has 2 rings (SSSR count). The van der Waals surface area contributed by atoms with Gasteiger partial charge in [0.05, 0.1) is 0 Å². The summed E-state index contributed by atoms with van der Waals surface area (Å²) in [4.78, 5) is 0. The predicted molar refractivity (Wildman–Crippen MR) is 74.1 cm³/mol. The van der Waals surface area contributed by atoms with E-state index in [-0.39, 0.29) is 0 Å². The van der Waals surface area contributed by atoms with Gasteiger partial charge in [0.25, 0.3) is 0 Å². The van der Waals surface area contributed by atoms with Crippen molar-refractivity contribution in [2.24, 2.45) is 11.8 Å². The molecule has 2 fully saturated rings. The minimum absolute atomic E-state index is 0.877. The molecular formula is C14H27NS. The highest BCUT2D eigenvalue weighted by atomic mass is 32.2. The Bertz CT molecular complexity index is 185. The average molecular weight is 241 g/mol. The second-order valence-corrected chi connectivity index (χ2v) is 6.55. The Labute approximate surface area is 105 Å². The second-order valence-electron chi connectivity index (χ2n) is 5.56. The summed E-state index contributed by atoms with van der Waals surface area (Å²) < 4.78 is 0. The third-order valence-corrected chi connectivity index (χ3v) is 4.89. The van der Waals surface area contributed by atoms with Crippen molar-refractivity contribution in [3.8, 4) is 0 Å². The molecule has 94 valence electrons. The molecule has 0 heterocycles. The lowest BCUT2D eigenvalue weighted by Crippen LogP contribution is -2.39. The van der Waals surface area contributed by atoms with Gasteiger partial charge >= 0.3 is 0 Å². The fourth-order valence-electron chi connectivity index (χ4n) is 3.15. The Balaban J connectivity index is 1.71. The molecule has 0 aromatic rings. The molecule has 1 unspecified atom stereocenters. The summed E-state index contributed by atoms with van der Waals surface area (Å²) in [5.41, 5.74) is 0. The van der Waals surface area contributed by atoms with Crippen LogP contribution in [0.25, 0.3) is 0 Å². The molecule has 0 bridgehead atoms. The first-order valence-corrected chi connectivity index (χ1v) is 8.53. The molecular weight excluding hydrogens is 214 g/mol. The molecule has 2 aliphatic carbocycles. The van der Waals surface area contributed by atoms with Crippen molar-refractivity contribution >= 4 is 11.8 Å². The van der Waals surface area contributed by atoms with Crippen LogP contribution in [-0.4, -0.2) is 24.6 Å². The average Bonchev–Trinajstić information content (AvgIpc) is 3.15. The molecule has 1 N–H and O–H groups in total. The Kier molecular flexibility index (Phi) is 5.51. The van der Waals surface area contributed by atoms with Crippen molar-refractivity contribution in [2.75, 3.05) is 18.6 Å². The first-order valence-electron chi connectivity index (χ1n) is 7.14. The fourth-order valence-corrected chi connectivity index (χ4v) is 3.59. The Morgan fingerprint density at radius 1 is 1.06 bits per heavy atom. The summed E-state index contributed by atoms with van der Waals surface area (Å²) in [7, 11) is 0. The zero-order chi connectivity index (χ0) is 11.2. The SMILES string of the molecule is CSCCCNC(C1CCCCC1)C1CC1. The highest BCUT2D eigenvalue weighted by molar-refractivity contribution is 7.98. The molecule has 0 spiro atoms. The molecule has 1 atom stereocenters. The summed E-state index contributed by atoms with van der Waals surface area (Å²) in [5, 5.41) is 3.87. The van der Waals surface area contributed by atoms with Gasteiger partial charge in [-0.2, -0.15) is 11.8 Å². The summed E-state index contributed by atoms with van der Waals surface area (Å²) in [6.07, 6.45) is 14.0. The lowest BCUT2D eigenvalue weighted by Gasteiger charge is -2.31. The van der Waals surface area contributed by atoms with E-state index in [4.69, 9.17) is 0 Å². The molecule has 2 saturated carbocycles. The van der Waals surface area contributed by atoms with Gasteiger partial charge in [0.2, 0.25) is 0 Å². The molecule has 1 nitrogen and oxygen atoms in total. The van der Waals surface area contributed by atoms with Gasteiger partial charge in [-0.15, -0.1) is 0 Å². The van der Waals surface area contributed by atoms with Crippen LogP contribution in [-0.2, 0) is 0 Å². The van der Waals surface area contributed by atoms with E-state index >= 15 is 0 Å². The molecule has 2 heteroatoms.